The van der Waals surface area contributed by atoms with Gasteiger partial charge in [0.1, 0.15) is 12.4 Å². The number of halogens is 1. The van der Waals surface area contributed by atoms with E-state index in [2.05, 4.69) is 0 Å². The lowest BCUT2D eigenvalue weighted by molar-refractivity contribution is 0.326. The summed E-state index contributed by atoms with van der Waals surface area (Å²) in [5.41, 5.74) is 0.356. The second-order valence-electron chi connectivity index (χ2n) is 5.67. The van der Waals surface area contributed by atoms with Gasteiger partial charge in [-0.15, -0.1) is 0 Å². The Morgan fingerprint density at radius 1 is 1.12 bits per heavy atom. The Bertz CT molecular complexity index is 1010. The first kappa shape index (κ1) is 20.5. The van der Waals surface area contributed by atoms with E-state index in [-0.39, 0.29) is 16.4 Å². The highest BCUT2D eigenvalue weighted by molar-refractivity contribution is 7.91. The Morgan fingerprint density at radius 2 is 1.81 bits per heavy atom. The molecular formula is C16H19ClN2O5S2. The molecule has 10 heteroatoms. The van der Waals surface area contributed by atoms with Crippen molar-refractivity contribution in [2.75, 3.05) is 31.4 Å². The molecule has 0 bridgehead atoms. The zero-order valence-electron chi connectivity index (χ0n) is 14.2. The van der Waals surface area contributed by atoms with Crippen molar-refractivity contribution in [1.29, 1.82) is 0 Å². The average Bonchev–Trinajstić information content (AvgIpc) is 2.52. The monoisotopic (exact) mass is 418 g/mol. The smallest absolute Gasteiger partial charge is 0.238 e. The fourth-order valence-electron chi connectivity index (χ4n) is 2.26. The molecule has 2 rings (SSSR count). The Hall–Kier alpha value is -1.81. The van der Waals surface area contributed by atoms with Crippen molar-refractivity contribution >= 4 is 37.1 Å². The zero-order valence-corrected chi connectivity index (χ0v) is 16.6. The molecule has 2 aromatic rings. The van der Waals surface area contributed by atoms with Gasteiger partial charge in [0.2, 0.25) is 10.0 Å². The van der Waals surface area contributed by atoms with Gasteiger partial charge >= 0.3 is 0 Å². The predicted octanol–water partition coefficient (Wildman–Crippen LogP) is 1.91. The van der Waals surface area contributed by atoms with E-state index < -0.39 is 19.9 Å². The minimum Gasteiger partial charge on any atom is -0.492 e. The second-order valence-corrected chi connectivity index (χ2v) is 9.66. The lowest BCUT2D eigenvalue weighted by atomic mass is 10.3. The highest BCUT2D eigenvalue weighted by Gasteiger charge is 2.20. The Kier molecular flexibility index (Phi) is 6.17. The number of hydrogen-bond donors (Lipinski definition) is 1. The summed E-state index contributed by atoms with van der Waals surface area (Å²) in [6.45, 7) is 0.640. The number of nitrogens with two attached hydrogens (primary N) is 1. The van der Waals surface area contributed by atoms with Crippen LogP contribution in [0.1, 0.15) is 0 Å². The fraction of sp³-hybridized carbons (Fsp3) is 0.250. The van der Waals surface area contributed by atoms with Gasteiger partial charge in [-0.1, -0.05) is 17.7 Å². The second kappa shape index (κ2) is 7.83. The number of nitrogens with zero attached hydrogens (tertiary/aromatic N) is 1. The first-order chi connectivity index (χ1) is 12.0. The molecule has 7 nitrogen and oxygen atoms in total. The third-order valence-electron chi connectivity index (χ3n) is 3.56. The van der Waals surface area contributed by atoms with Gasteiger partial charge in [0.15, 0.2) is 9.84 Å². The maximum Gasteiger partial charge on any atom is 0.238 e. The van der Waals surface area contributed by atoms with Gasteiger partial charge in [-0.2, -0.15) is 0 Å². The number of hydrogen-bond acceptors (Lipinski definition) is 6. The largest absolute Gasteiger partial charge is 0.492 e. The van der Waals surface area contributed by atoms with E-state index in [9.17, 15) is 16.8 Å². The summed E-state index contributed by atoms with van der Waals surface area (Å²) in [7, 11) is -5.99. The van der Waals surface area contributed by atoms with E-state index in [1.807, 2.05) is 0 Å². The molecule has 142 valence electrons. The summed E-state index contributed by atoms with van der Waals surface area (Å²) in [5.74, 6) is 0.596. The SMILES string of the molecule is CN(CCOc1cccc(Cl)c1)c1ccc(S(N)(=O)=O)cc1S(C)(=O)=O. The van der Waals surface area contributed by atoms with Crippen molar-refractivity contribution in [3.8, 4) is 5.75 Å². The number of sulfonamides is 1. The van der Waals surface area contributed by atoms with Crippen LogP contribution in [-0.2, 0) is 19.9 Å². The van der Waals surface area contributed by atoms with Crippen LogP contribution in [0.2, 0.25) is 5.02 Å². The van der Waals surface area contributed by atoms with Gasteiger partial charge < -0.3 is 9.64 Å². The molecule has 0 aliphatic heterocycles. The normalized spacial score (nSPS) is 12.0. The molecule has 0 spiro atoms. The molecule has 0 amide bonds. The summed E-state index contributed by atoms with van der Waals surface area (Å²) in [5, 5.41) is 5.63. The third-order valence-corrected chi connectivity index (χ3v) is 5.83. The topological polar surface area (TPSA) is 107 Å². The van der Waals surface area contributed by atoms with Crippen LogP contribution < -0.4 is 14.8 Å². The predicted molar refractivity (Wildman–Crippen MR) is 101 cm³/mol. The van der Waals surface area contributed by atoms with Crippen LogP contribution in [-0.4, -0.2) is 43.3 Å². The molecule has 2 aromatic carbocycles. The maximum absolute atomic E-state index is 12.1. The quantitative estimate of drug-likeness (QED) is 0.735. The number of anilines is 1. The van der Waals surface area contributed by atoms with Crippen LogP contribution in [0.25, 0.3) is 0 Å². The van der Waals surface area contributed by atoms with Crippen molar-refractivity contribution < 1.29 is 21.6 Å². The summed E-state index contributed by atoms with van der Waals surface area (Å²) in [6.07, 6.45) is 1.01. The van der Waals surface area contributed by atoms with E-state index in [1.54, 1.807) is 36.2 Å². The van der Waals surface area contributed by atoms with Crippen LogP contribution in [0, 0.1) is 0 Å². The summed E-state index contributed by atoms with van der Waals surface area (Å²) >= 11 is 5.89. The molecule has 0 radical (unpaired) electrons. The van der Waals surface area contributed by atoms with Gasteiger partial charge in [0, 0.05) is 18.3 Å². The van der Waals surface area contributed by atoms with Crippen molar-refractivity contribution in [2.24, 2.45) is 5.14 Å². The standard InChI is InChI=1S/C16H19ClN2O5S2/c1-19(8-9-24-13-5-3-4-12(17)10-13)15-7-6-14(26(18,22)23)11-16(15)25(2,20)21/h3-7,10-11H,8-9H2,1-2H3,(H2,18,22,23). The Morgan fingerprint density at radius 3 is 2.38 bits per heavy atom. The third kappa shape index (κ3) is 5.34. The van der Waals surface area contributed by atoms with Crippen molar-refractivity contribution in [1.82, 2.24) is 0 Å². The first-order valence-electron chi connectivity index (χ1n) is 7.45. The number of primary sulfonamides is 1. The minimum absolute atomic E-state index is 0.116. The van der Waals surface area contributed by atoms with E-state index in [0.29, 0.717) is 23.0 Å². The van der Waals surface area contributed by atoms with E-state index in [1.165, 1.54) is 12.1 Å². The van der Waals surface area contributed by atoms with Crippen molar-refractivity contribution in [2.45, 2.75) is 9.79 Å². The van der Waals surface area contributed by atoms with Gasteiger partial charge in [-0.25, -0.2) is 22.0 Å². The molecule has 2 N–H and O–H groups in total. The highest BCUT2D eigenvalue weighted by Crippen LogP contribution is 2.27. The van der Waals surface area contributed by atoms with Crippen molar-refractivity contribution in [3.63, 3.8) is 0 Å². The number of sulfone groups is 1. The molecule has 0 fully saturated rings. The van der Waals surface area contributed by atoms with Crippen LogP contribution in [0.3, 0.4) is 0 Å². The Balaban J connectivity index is 2.21. The molecule has 0 unspecified atom stereocenters. The van der Waals surface area contributed by atoms with E-state index in [0.717, 1.165) is 12.3 Å². The van der Waals surface area contributed by atoms with Gasteiger partial charge in [-0.3, -0.25) is 0 Å². The lowest BCUT2D eigenvalue weighted by Crippen LogP contribution is -2.25. The van der Waals surface area contributed by atoms with Gasteiger partial charge in [0.05, 0.1) is 22.0 Å². The molecular weight excluding hydrogens is 400 g/mol. The van der Waals surface area contributed by atoms with Crippen LogP contribution in [0.5, 0.6) is 5.75 Å². The highest BCUT2D eigenvalue weighted by atomic mass is 35.5. The first-order valence-corrected chi connectivity index (χ1v) is 11.3. The fourth-order valence-corrected chi connectivity index (χ4v) is 4.00. The molecule has 0 aliphatic carbocycles. The number of rotatable bonds is 7. The lowest BCUT2D eigenvalue weighted by Gasteiger charge is -2.22. The molecule has 0 heterocycles. The van der Waals surface area contributed by atoms with Crippen molar-refractivity contribution in [3.05, 3.63) is 47.5 Å². The Labute approximate surface area is 158 Å². The molecule has 0 saturated carbocycles. The van der Waals surface area contributed by atoms with Crippen LogP contribution >= 0.6 is 11.6 Å². The van der Waals surface area contributed by atoms with E-state index >= 15 is 0 Å². The molecule has 26 heavy (non-hydrogen) atoms. The van der Waals surface area contributed by atoms with Crippen LogP contribution in [0.15, 0.2) is 52.3 Å². The molecule has 0 aliphatic rings. The number of ether oxygens (including phenoxy) is 1. The summed E-state index contributed by atoms with van der Waals surface area (Å²) in [4.78, 5) is 1.29. The molecule has 0 atom stereocenters. The number of benzene rings is 2. The summed E-state index contributed by atoms with van der Waals surface area (Å²) in [6, 6.07) is 10.7. The van der Waals surface area contributed by atoms with E-state index in [4.69, 9.17) is 21.5 Å². The van der Waals surface area contributed by atoms with Gasteiger partial charge in [0.25, 0.3) is 0 Å². The van der Waals surface area contributed by atoms with Gasteiger partial charge in [-0.05, 0) is 36.4 Å². The number of likely N-dealkylation sites (N-methyl/N-ethyl adjacent to an activating group) is 1. The molecule has 0 aromatic heterocycles. The van der Waals surface area contributed by atoms with Crippen LogP contribution in [0.4, 0.5) is 5.69 Å². The summed E-state index contributed by atoms with van der Waals surface area (Å²) < 4.78 is 52.7. The zero-order chi connectivity index (χ0) is 19.5. The minimum atomic E-state index is -4.01. The maximum atomic E-state index is 12.1. The average molecular weight is 419 g/mol. The molecule has 0 saturated heterocycles.